The molecule has 1 aromatic rings. The third-order valence-corrected chi connectivity index (χ3v) is 5.45. The summed E-state index contributed by atoms with van der Waals surface area (Å²) in [6.07, 6.45) is 2.54. The van der Waals surface area contributed by atoms with Crippen molar-refractivity contribution in [2.45, 2.75) is 44.2 Å². The van der Waals surface area contributed by atoms with Crippen LogP contribution < -0.4 is 0 Å². The molecule has 0 aromatic heterocycles. The van der Waals surface area contributed by atoms with E-state index >= 15 is 0 Å². The number of hydrogen-bond acceptors (Lipinski definition) is 5. The van der Waals surface area contributed by atoms with E-state index in [0.29, 0.717) is 6.61 Å². The van der Waals surface area contributed by atoms with Gasteiger partial charge in [-0.1, -0.05) is 12.1 Å². The summed E-state index contributed by atoms with van der Waals surface area (Å²) >= 11 is 0. The van der Waals surface area contributed by atoms with Crippen LogP contribution in [-0.4, -0.2) is 49.2 Å². The van der Waals surface area contributed by atoms with Crippen LogP contribution in [-0.2, 0) is 19.1 Å². The quantitative estimate of drug-likeness (QED) is 0.765. The maximum Gasteiger partial charge on any atom is 0.320 e. The van der Waals surface area contributed by atoms with Crippen LogP contribution in [0.4, 0.5) is 4.39 Å². The molecule has 0 aliphatic carbocycles. The first-order valence-electron chi connectivity index (χ1n) is 8.79. The second-order valence-electron chi connectivity index (χ2n) is 6.72. The van der Waals surface area contributed by atoms with E-state index in [-0.39, 0.29) is 48.2 Å². The third kappa shape index (κ3) is 3.54. The van der Waals surface area contributed by atoms with E-state index < -0.39 is 0 Å². The molecule has 2 fully saturated rings. The molecule has 5 nitrogen and oxygen atoms in total. The molecule has 2 heterocycles. The Bertz CT molecular complexity index is 633. The second-order valence-corrected chi connectivity index (χ2v) is 6.72. The van der Waals surface area contributed by atoms with Gasteiger partial charge in [-0.2, -0.15) is 0 Å². The van der Waals surface area contributed by atoms with Crippen LogP contribution in [0.1, 0.15) is 37.7 Å². The van der Waals surface area contributed by atoms with E-state index in [1.54, 1.807) is 19.1 Å². The van der Waals surface area contributed by atoms with E-state index in [0.717, 1.165) is 24.8 Å². The second kappa shape index (κ2) is 7.52. The van der Waals surface area contributed by atoms with Gasteiger partial charge in [0.05, 0.1) is 26.2 Å². The van der Waals surface area contributed by atoms with Crippen molar-refractivity contribution in [3.05, 3.63) is 35.6 Å². The number of hydrogen-bond donors (Lipinski definition) is 0. The van der Waals surface area contributed by atoms with Gasteiger partial charge in [0.1, 0.15) is 5.82 Å². The fraction of sp³-hybridized carbons (Fsp3) is 0.579. The monoisotopic (exact) mass is 349 g/mol. The van der Waals surface area contributed by atoms with Crippen LogP contribution in [0, 0.1) is 11.7 Å². The van der Waals surface area contributed by atoms with Gasteiger partial charge in [-0.3, -0.25) is 14.5 Å². The summed E-state index contributed by atoms with van der Waals surface area (Å²) in [7, 11) is 1.39. The topological polar surface area (TPSA) is 55.8 Å². The van der Waals surface area contributed by atoms with Crippen molar-refractivity contribution in [2.75, 3.05) is 20.3 Å². The molecule has 3 rings (SSSR count). The van der Waals surface area contributed by atoms with Crippen molar-refractivity contribution in [3.8, 4) is 0 Å². The molecular weight excluding hydrogens is 325 g/mol. The number of methoxy groups -OCH3 is 1. The van der Waals surface area contributed by atoms with Crippen LogP contribution in [0.25, 0.3) is 0 Å². The Labute approximate surface area is 147 Å². The number of benzene rings is 1. The van der Waals surface area contributed by atoms with E-state index in [4.69, 9.17) is 9.47 Å². The number of rotatable bonds is 5. The van der Waals surface area contributed by atoms with Gasteiger partial charge in [0.25, 0.3) is 0 Å². The Morgan fingerprint density at radius 3 is 2.60 bits per heavy atom. The number of carbonyl (C=O) groups is 2. The molecule has 2 saturated heterocycles. The molecule has 0 spiro atoms. The van der Waals surface area contributed by atoms with Crippen LogP contribution in [0.15, 0.2) is 24.3 Å². The van der Waals surface area contributed by atoms with Gasteiger partial charge < -0.3 is 9.47 Å². The van der Waals surface area contributed by atoms with Crippen LogP contribution in [0.3, 0.4) is 0 Å². The lowest BCUT2D eigenvalue weighted by atomic mass is 9.76. The zero-order chi connectivity index (χ0) is 18.0. The standard InChI is InChI=1S/C19H24FNO4/c1-3-25-17(22)11-21-14-8-9-16(21)18(19(23)24-2)15(10-14)12-4-6-13(20)7-5-12/h4-7,14-16,18H,3,8-11H2,1-2H3/t14-,15+,16+,18-/m0/s1. The fourth-order valence-electron chi connectivity index (χ4n) is 4.43. The summed E-state index contributed by atoms with van der Waals surface area (Å²) in [5, 5.41) is 0. The normalized spacial score (nSPS) is 28.6. The molecule has 25 heavy (non-hydrogen) atoms. The average molecular weight is 349 g/mol. The summed E-state index contributed by atoms with van der Waals surface area (Å²) in [6.45, 7) is 2.33. The summed E-state index contributed by atoms with van der Waals surface area (Å²) in [4.78, 5) is 26.6. The first-order chi connectivity index (χ1) is 12.0. The van der Waals surface area contributed by atoms with Crippen molar-refractivity contribution in [2.24, 2.45) is 5.92 Å². The van der Waals surface area contributed by atoms with E-state index in [1.807, 2.05) is 0 Å². The van der Waals surface area contributed by atoms with Gasteiger partial charge in [-0.25, -0.2) is 4.39 Å². The van der Waals surface area contributed by atoms with Gasteiger partial charge >= 0.3 is 11.9 Å². The van der Waals surface area contributed by atoms with Crippen molar-refractivity contribution in [1.29, 1.82) is 0 Å². The number of ether oxygens (including phenoxy) is 2. The van der Waals surface area contributed by atoms with Crippen molar-refractivity contribution in [1.82, 2.24) is 4.90 Å². The molecule has 0 amide bonds. The molecular formula is C19H24FNO4. The van der Waals surface area contributed by atoms with Gasteiger partial charge in [0.2, 0.25) is 0 Å². The lowest BCUT2D eigenvalue weighted by Gasteiger charge is -2.43. The van der Waals surface area contributed by atoms with Crippen LogP contribution >= 0.6 is 0 Å². The largest absolute Gasteiger partial charge is 0.469 e. The van der Waals surface area contributed by atoms with E-state index in [2.05, 4.69) is 4.90 Å². The maximum atomic E-state index is 13.3. The molecule has 2 bridgehead atoms. The lowest BCUT2D eigenvalue weighted by Crippen LogP contribution is -2.52. The zero-order valence-electron chi connectivity index (χ0n) is 14.6. The Morgan fingerprint density at radius 1 is 1.24 bits per heavy atom. The summed E-state index contributed by atoms with van der Waals surface area (Å²) < 4.78 is 23.4. The minimum Gasteiger partial charge on any atom is -0.469 e. The van der Waals surface area contributed by atoms with Gasteiger partial charge in [-0.15, -0.1) is 0 Å². The summed E-state index contributed by atoms with van der Waals surface area (Å²) in [5.41, 5.74) is 0.949. The highest BCUT2D eigenvalue weighted by molar-refractivity contribution is 5.76. The van der Waals surface area contributed by atoms with Crippen molar-refractivity contribution >= 4 is 11.9 Å². The number of piperidine rings is 1. The van der Waals surface area contributed by atoms with Crippen molar-refractivity contribution in [3.63, 3.8) is 0 Å². The molecule has 136 valence electrons. The van der Waals surface area contributed by atoms with Crippen LogP contribution in [0.2, 0.25) is 0 Å². The average Bonchev–Trinajstić information content (AvgIpc) is 2.86. The maximum absolute atomic E-state index is 13.3. The number of nitrogens with zero attached hydrogens (tertiary/aromatic N) is 1. The van der Waals surface area contributed by atoms with E-state index in [9.17, 15) is 14.0 Å². The highest BCUT2D eigenvalue weighted by Crippen LogP contribution is 2.47. The van der Waals surface area contributed by atoms with Gasteiger partial charge in [0.15, 0.2) is 0 Å². The predicted molar refractivity (Wildman–Crippen MR) is 89.4 cm³/mol. The molecule has 0 saturated carbocycles. The van der Waals surface area contributed by atoms with Gasteiger partial charge in [-0.05, 0) is 43.9 Å². The van der Waals surface area contributed by atoms with Crippen LogP contribution in [0.5, 0.6) is 0 Å². The molecule has 2 aliphatic heterocycles. The smallest absolute Gasteiger partial charge is 0.320 e. The summed E-state index contributed by atoms with van der Waals surface area (Å²) in [5.74, 6) is -1.20. The molecule has 1 aromatic carbocycles. The Kier molecular flexibility index (Phi) is 5.37. The number of fused-ring (bicyclic) bond motifs is 2. The number of halogens is 1. The molecule has 2 aliphatic rings. The fourth-order valence-corrected chi connectivity index (χ4v) is 4.43. The molecule has 0 radical (unpaired) electrons. The Hall–Kier alpha value is -1.95. The third-order valence-electron chi connectivity index (χ3n) is 5.45. The van der Waals surface area contributed by atoms with Crippen molar-refractivity contribution < 1.29 is 23.5 Å². The molecule has 4 atom stereocenters. The summed E-state index contributed by atoms with van der Waals surface area (Å²) in [6, 6.07) is 6.52. The lowest BCUT2D eigenvalue weighted by molar-refractivity contribution is -0.154. The van der Waals surface area contributed by atoms with Gasteiger partial charge in [0, 0.05) is 18.0 Å². The highest BCUT2D eigenvalue weighted by Gasteiger charge is 2.51. The molecule has 6 heteroatoms. The highest BCUT2D eigenvalue weighted by atomic mass is 19.1. The first kappa shape index (κ1) is 17.9. The minimum atomic E-state index is -0.358. The van der Waals surface area contributed by atoms with E-state index in [1.165, 1.54) is 19.2 Å². The zero-order valence-corrected chi connectivity index (χ0v) is 14.6. The Morgan fingerprint density at radius 2 is 1.96 bits per heavy atom. The number of carbonyl (C=O) groups excluding carboxylic acids is 2. The number of esters is 2. The predicted octanol–water partition coefficient (Wildman–Crippen LogP) is 2.50. The molecule has 0 unspecified atom stereocenters. The minimum absolute atomic E-state index is 0.0241. The Balaban J connectivity index is 1.86. The SMILES string of the molecule is CCOC(=O)CN1[C@H]2CC[C@@H]1[C@@H](C(=O)OC)[C@@H](c1ccc(F)cc1)C2. The molecule has 0 N–H and O–H groups in total. The first-order valence-corrected chi connectivity index (χ1v) is 8.79.